The SMILES string of the molecule is CC1COC(CBr)CN1CCS(C)(=O)=O. The first kappa shape index (κ1) is 13.4. The van der Waals surface area contributed by atoms with E-state index in [1.54, 1.807) is 0 Å². The molecule has 1 heterocycles. The lowest BCUT2D eigenvalue weighted by Crippen LogP contribution is -2.50. The van der Waals surface area contributed by atoms with Gasteiger partial charge in [-0.1, -0.05) is 15.9 Å². The Morgan fingerprint density at radius 2 is 2.20 bits per heavy atom. The van der Waals surface area contributed by atoms with Gasteiger partial charge < -0.3 is 4.74 Å². The zero-order valence-corrected chi connectivity index (χ0v) is 11.6. The smallest absolute Gasteiger partial charge is 0.148 e. The molecule has 1 fully saturated rings. The van der Waals surface area contributed by atoms with Gasteiger partial charge in [-0.15, -0.1) is 0 Å². The quantitative estimate of drug-likeness (QED) is 0.710. The van der Waals surface area contributed by atoms with Gasteiger partial charge in [0.2, 0.25) is 0 Å². The number of rotatable bonds is 4. The van der Waals surface area contributed by atoms with Crippen molar-refractivity contribution in [2.75, 3.05) is 37.0 Å². The zero-order chi connectivity index (χ0) is 11.5. The highest BCUT2D eigenvalue weighted by molar-refractivity contribution is 9.09. The van der Waals surface area contributed by atoms with E-state index in [0.29, 0.717) is 19.2 Å². The maximum atomic E-state index is 11.1. The van der Waals surface area contributed by atoms with Crippen LogP contribution in [0, 0.1) is 0 Å². The third kappa shape index (κ3) is 4.80. The largest absolute Gasteiger partial charge is 0.374 e. The van der Waals surface area contributed by atoms with Gasteiger partial charge in [-0.25, -0.2) is 8.42 Å². The molecule has 4 nitrogen and oxygen atoms in total. The maximum Gasteiger partial charge on any atom is 0.148 e. The van der Waals surface area contributed by atoms with E-state index in [-0.39, 0.29) is 11.9 Å². The maximum absolute atomic E-state index is 11.1. The zero-order valence-electron chi connectivity index (χ0n) is 9.15. The van der Waals surface area contributed by atoms with Gasteiger partial charge in [-0.3, -0.25) is 4.90 Å². The van der Waals surface area contributed by atoms with Crippen LogP contribution in [0.2, 0.25) is 0 Å². The number of ether oxygens (including phenoxy) is 1. The number of nitrogens with zero attached hydrogens (tertiary/aromatic N) is 1. The van der Waals surface area contributed by atoms with Gasteiger partial charge in [-0.05, 0) is 6.92 Å². The molecule has 0 aromatic carbocycles. The summed E-state index contributed by atoms with van der Waals surface area (Å²) in [5.74, 6) is 0.229. The minimum Gasteiger partial charge on any atom is -0.374 e. The highest BCUT2D eigenvalue weighted by atomic mass is 79.9. The number of morpholine rings is 1. The number of hydrogen-bond donors (Lipinski definition) is 0. The topological polar surface area (TPSA) is 46.6 Å². The summed E-state index contributed by atoms with van der Waals surface area (Å²) in [4.78, 5) is 2.18. The van der Waals surface area contributed by atoms with E-state index in [9.17, 15) is 8.42 Å². The first-order chi connectivity index (χ1) is 6.92. The van der Waals surface area contributed by atoms with Crippen LogP contribution < -0.4 is 0 Å². The summed E-state index contributed by atoms with van der Waals surface area (Å²) in [5.41, 5.74) is 0. The fourth-order valence-electron chi connectivity index (χ4n) is 1.56. The molecular formula is C9H18BrNO3S. The Morgan fingerprint density at radius 3 is 2.73 bits per heavy atom. The van der Waals surface area contributed by atoms with Crippen LogP contribution >= 0.6 is 15.9 Å². The van der Waals surface area contributed by atoms with Crippen molar-refractivity contribution in [2.45, 2.75) is 19.1 Å². The number of sulfone groups is 1. The first-order valence-electron chi connectivity index (χ1n) is 5.01. The fourth-order valence-corrected chi connectivity index (χ4v) is 2.52. The summed E-state index contributed by atoms with van der Waals surface area (Å²) in [6.07, 6.45) is 1.46. The Bertz CT molecular complexity index is 294. The van der Waals surface area contributed by atoms with Crippen molar-refractivity contribution in [3.63, 3.8) is 0 Å². The molecule has 0 bridgehead atoms. The van der Waals surface area contributed by atoms with E-state index in [2.05, 4.69) is 27.8 Å². The van der Waals surface area contributed by atoms with Crippen LogP contribution in [0.15, 0.2) is 0 Å². The molecule has 0 aliphatic carbocycles. The highest BCUT2D eigenvalue weighted by Gasteiger charge is 2.25. The molecule has 6 heteroatoms. The van der Waals surface area contributed by atoms with Crippen LogP contribution in [-0.2, 0) is 14.6 Å². The van der Waals surface area contributed by atoms with Crippen molar-refractivity contribution in [3.8, 4) is 0 Å². The molecule has 1 saturated heterocycles. The van der Waals surface area contributed by atoms with Crippen molar-refractivity contribution in [1.29, 1.82) is 0 Å². The van der Waals surface area contributed by atoms with Crippen LogP contribution in [0.5, 0.6) is 0 Å². The predicted octanol–water partition coefficient (Wildman–Crippen LogP) is 0.515. The average molecular weight is 300 g/mol. The van der Waals surface area contributed by atoms with Crippen molar-refractivity contribution in [1.82, 2.24) is 4.90 Å². The van der Waals surface area contributed by atoms with E-state index >= 15 is 0 Å². The summed E-state index contributed by atoms with van der Waals surface area (Å²) in [5, 5.41) is 0.801. The lowest BCUT2D eigenvalue weighted by Gasteiger charge is -2.37. The molecule has 15 heavy (non-hydrogen) atoms. The van der Waals surface area contributed by atoms with Crippen molar-refractivity contribution >= 4 is 25.8 Å². The van der Waals surface area contributed by atoms with E-state index in [1.807, 2.05) is 0 Å². The molecular weight excluding hydrogens is 282 g/mol. The molecule has 0 amide bonds. The number of alkyl halides is 1. The molecule has 0 radical (unpaired) electrons. The Morgan fingerprint density at radius 1 is 1.53 bits per heavy atom. The Hall–Kier alpha value is 0.350. The van der Waals surface area contributed by atoms with Crippen molar-refractivity contribution < 1.29 is 13.2 Å². The van der Waals surface area contributed by atoms with Gasteiger partial charge in [0.15, 0.2) is 0 Å². The lowest BCUT2D eigenvalue weighted by molar-refractivity contribution is -0.0441. The molecule has 1 aliphatic heterocycles. The Balaban J connectivity index is 2.44. The molecule has 0 N–H and O–H groups in total. The first-order valence-corrected chi connectivity index (χ1v) is 8.20. The van der Waals surface area contributed by atoms with Crippen LogP contribution in [0.4, 0.5) is 0 Å². The van der Waals surface area contributed by atoms with E-state index in [1.165, 1.54) is 6.26 Å². The van der Waals surface area contributed by atoms with Crippen LogP contribution in [0.3, 0.4) is 0 Å². The average Bonchev–Trinajstić information content (AvgIpc) is 2.15. The van der Waals surface area contributed by atoms with Crippen molar-refractivity contribution in [3.05, 3.63) is 0 Å². The monoisotopic (exact) mass is 299 g/mol. The summed E-state index contributed by atoms with van der Waals surface area (Å²) in [6, 6.07) is 0.307. The molecule has 1 aliphatic rings. The number of hydrogen-bond acceptors (Lipinski definition) is 4. The third-order valence-corrected chi connectivity index (χ3v) is 4.20. The van der Waals surface area contributed by atoms with Crippen LogP contribution in [-0.4, -0.2) is 62.5 Å². The van der Waals surface area contributed by atoms with Crippen molar-refractivity contribution in [2.24, 2.45) is 0 Å². The second-order valence-corrected chi connectivity index (χ2v) is 6.99. The standard InChI is InChI=1S/C9H18BrNO3S/c1-8-7-14-9(5-10)6-11(8)3-4-15(2,12)13/h8-9H,3-7H2,1-2H3. The number of halogens is 1. The second-order valence-electron chi connectivity index (χ2n) is 4.08. The molecule has 0 aromatic heterocycles. The molecule has 0 spiro atoms. The van der Waals surface area contributed by atoms with Crippen LogP contribution in [0.25, 0.3) is 0 Å². The molecule has 0 aromatic rings. The summed E-state index contributed by atoms with van der Waals surface area (Å²) < 4.78 is 27.7. The van der Waals surface area contributed by atoms with Crippen LogP contribution in [0.1, 0.15) is 6.92 Å². The molecule has 90 valence electrons. The van der Waals surface area contributed by atoms with E-state index in [4.69, 9.17) is 4.74 Å². The summed E-state index contributed by atoms with van der Waals surface area (Å²) in [6.45, 7) is 4.15. The third-order valence-electron chi connectivity index (χ3n) is 2.56. The normalized spacial score (nSPS) is 29.3. The van der Waals surface area contributed by atoms with Gasteiger partial charge >= 0.3 is 0 Å². The molecule has 2 atom stereocenters. The fraction of sp³-hybridized carbons (Fsp3) is 1.00. The minimum atomic E-state index is -2.87. The van der Waals surface area contributed by atoms with Gasteiger partial charge in [0.25, 0.3) is 0 Å². The predicted molar refractivity (Wildman–Crippen MR) is 64.3 cm³/mol. The molecule has 1 rings (SSSR count). The summed E-state index contributed by atoms with van der Waals surface area (Å²) in [7, 11) is -2.87. The molecule has 2 unspecified atom stereocenters. The lowest BCUT2D eigenvalue weighted by atomic mass is 10.2. The molecule has 0 saturated carbocycles. The van der Waals surface area contributed by atoms with Gasteiger partial charge in [-0.2, -0.15) is 0 Å². The van der Waals surface area contributed by atoms with Gasteiger partial charge in [0.1, 0.15) is 9.84 Å². The van der Waals surface area contributed by atoms with E-state index < -0.39 is 9.84 Å². The van der Waals surface area contributed by atoms with Gasteiger partial charge in [0, 0.05) is 30.7 Å². The Kier molecular flexibility index (Phi) is 5.02. The second kappa shape index (κ2) is 5.61. The highest BCUT2D eigenvalue weighted by Crippen LogP contribution is 2.13. The van der Waals surface area contributed by atoms with E-state index in [0.717, 1.165) is 11.9 Å². The summed E-state index contributed by atoms with van der Waals surface area (Å²) >= 11 is 3.38. The van der Waals surface area contributed by atoms with Gasteiger partial charge in [0.05, 0.1) is 18.5 Å². The Labute approximate surface area is 100 Å². The minimum absolute atomic E-state index is 0.181.